The Morgan fingerprint density at radius 2 is 1.85 bits per heavy atom. The Hall–Kier alpha value is -1.26. The van der Waals surface area contributed by atoms with Crippen molar-refractivity contribution in [1.29, 1.82) is 0 Å². The van der Waals surface area contributed by atoms with E-state index in [1.165, 1.54) is 12.7 Å². The fourth-order valence-corrected chi connectivity index (χ4v) is 6.15. The van der Waals surface area contributed by atoms with Crippen molar-refractivity contribution in [1.82, 2.24) is 9.29 Å². The lowest BCUT2D eigenvalue weighted by Gasteiger charge is -2.37. The number of aromatic nitrogens is 1. The SMILES string of the molecule is Cc1ccc2n(c1=O)[C@@H](COC1CCC(COC3CCCCO3)CC1)[C@@H](NS(C)(=O)=O)CC2. The first-order chi connectivity index (χ1) is 15.8. The molecule has 3 heterocycles. The van der Waals surface area contributed by atoms with Crippen molar-refractivity contribution in [2.75, 3.05) is 26.1 Å². The van der Waals surface area contributed by atoms with Gasteiger partial charge in [0.25, 0.3) is 5.56 Å². The van der Waals surface area contributed by atoms with Gasteiger partial charge in [-0.25, -0.2) is 13.1 Å². The molecule has 9 heteroatoms. The number of pyridine rings is 1. The Labute approximate surface area is 197 Å². The maximum atomic E-state index is 12.9. The van der Waals surface area contributed by atoms with Crippen LogP contribution in [0.25, 0.3) is 0 Å². The molecule has 0 aromatic carbocycles. The van der Waals surface area contributed by atoms with E-state index in [1.54, 1.807) is 11.5 Å². The smallest absolute Gasteiger partial charge is 0.254 e. The van der Waals surface area contributed by atoms with Gasteiger partial charge in [-0.3, -0.25) is 4.79 Å². The van der Waals surface area contributed by atoms with Crippen molar-refractivity contribution >= 4 is 10.0 Å². The van der Waals surface area contributed by atoms with Crippen molar-refractivity contribution in [2.24, 2.45) is 5.92 Å². The normalized spacial score (nSPS) is 30.7. The van der Waals surface area contributed by atoms with Crippen LogP contribution in [-0.2, 0) is 30.7 Å². The number of fused-ring (bicyclic) bond motifs is 1. The van der Waals surface area contributed by atoms with Gasteiger partial charge in [0.15, 0.2) is 6.29 Å². The Morgan fingerprint density at radius 1 is 1.06 bits per heavy atom. The van der Waals surface area contributed by atoms with Crippen LogP contribution in [0.3, 0.4) is 0 Å². The molecule has 186 valence electrons. The number of aryl methyl sites for hydroxylation is 2. The molecular formula is C24H38N2O6S. The second kappa shape index (κ2) is 11.0. The Bertz CT molecular complexity index is 948. The van der Waals surface area contributed by atoms with E-state index in [9.17, 15) is 13.2 Å². The van der Waals surface area contributed by atoms with E-state index in [2.05, 4.69) is 4.72 Å². The van der Waals surface area contributed by atoms with E-state index in [0.29, 0.717) is 30.9 Å². The molecule has 0 radical (unpaired) electrons. The summed E-state index contributed by atoms with van der Waals surface area (Å²) in [5, 5.41) is 0. The molecule has 33 heavy (non-hydrogen) atoms. The minimum Gasteiger partial charge on any atom is -0.376 e. The second-order valence-corrected chi connectivity index (χ2v) is 11.7. The molecular weight excluding hydrogens is 444 g/mol. The van der Waals surface area contributed by atoms with Crippen LogP contribution in [0.4, 0.5) is 0 Å². The van der Waals surface area contributed by atoms with E-state index in [0.717, 1.165) is 57.4 Å². The highest BCUT2D eigenvalue weighted by molar-refractivity contribution is 7.88. The first-order valence-corrected chi connectivity index (χ1v) is 14.2. The fraction of sp³-hybridized carbons (Fsp3) is 0.792. The first-order valence-electron chi connectivity index (χ1n) is 12.3. The van der Waals surface area contributed by atoms with Crippen LogP contribution in [0.5, 0.6) is 0 Å². The quantitative estimate of drug-likeness (QED) is 0.612. The minimum atomic E-state index is -3.39. The van der Waals surface area contributed by atoms with Crippen molar-refractivity contribution in [2.45, 2.75) is 89.2 Å². The number of hydrogen-bond donors (Lipinski definition) is 1. The Morgan fingerprint density at radius 3 is 2.55 bits per heavy atom. The summed E-state index contributed by atoms with van der Waals surface area (Å²) in [7, 11) is -3.39. The van der Waals surface area contributed by atoms with Crippen LogP contribution in [-0.4, -0.2) is 57.5 Å². The Balaban J connectivity index is 1.34. The molecule has 8 nitrogen and oxygen atoms in total. The molecule has 1 N–H and O–H groups in total. The summed E-state index contributed by atoms with van der Waals surface area (Å²) in [5.74, 6) is 0.524. The number of nitrogens with one attached hydrogen (secondary N) is 1. The zero-order chi connectivity index (χ0) is 23.4. The molecule has 1 aromatic heterocycles. The van der Waals surface area contributed by atoms with E-state index in [4.69, 9.17) is 14.2 Å². The minimum absolute atomic E-state index is 0.0415. The van der Waals surface area contributed by atoms with E-state index in [1.807, 2.05) is 12.1 Å². The standard InChI is InChI=1S/C24H38N2O6S/c1-17-6-9-19-10-13-21(25-33(2,28)29)22(26(19)24(17)27)16-31-20-11-7-18(8-12-20)15-32-23-5-3-4-14-30-23/h6,9,18,20-23,25H,3-5,7-8,10-16H2,1-2H3/t18?,20?,21-,22-,23?/m0/s1. The van der Waals surface area contributed by atoms with Gasteiger partial charge in [0.05, 0.1) is 31.6 Å². The van der Waals surface area contributed by atoms with Gasteiger partial charge >= 0.3 is 0 Å². The van der Waals surface area contributed by atoms with Crippen molar-refractivity contribution < 1.29 is 22.6 Å². The van der Waals surface area contributed by atoms with Crippen molar-refractivity contribution in [3.8, 4) is 0 Å². The van der Waals surface area contributed by atoms with Crippen molar-refractivity contribution in [3.63, 3.8) is 0 Å². The van der Waals surface area contributed by atoms with Crippen LogP contribution < -0.4 is 10.3 Å². The molecule has 1 aliphatic carbocycles. The summed E-state index contributed by atoms with van der Waals surface area (Å²) in [5.41, 5.74) is 1.54. The molecule has 1 unspecified atom stereocenters. The predicted octanol–water partition coefficient (Wildman–Crippen LogP) is 2.68. The third-order valence-corrected chi connectivity index (χ3v) is 7.95. The molecule has 1 saturated carbocycles. The number of ether oxygens (including phenoxy) is 3. The summed E-state index contributed by atoms with van der Waals surface area (Å²) in [6, 6.07) is 3.12. The highest BCUT2D eigenvalue weighted by Crippen LogP contribution is 2.30. The van der Waals surface area contributed by atoms with E-state index in [-0.39, 0.29) is 30.0 Å². The summed E-state index contributed by atoms with van der Waals surface area (Å²) >= 11 is 0. The lowest BCUT2D eigenvalue weighted by molar-refractivity contribution is -0.171. The van der Waals surface area contributed by atoms with Gasteiger partial charge in [0.2, 0.25) is 10.0 Å². The molecule has 0 amide bonds. The second-order valence-electron chi connectivity index (χ2n) is 9.89. The van der Waals surface area contributed by atoms with Crippen molar-refractivity contribution in [3.05, 3.63) is 33.7 Å². The zero-order valence-electron chi connectivity index (χ0n) is 19.8. The molecule has 0 spiro atoms. The average molecular weight is 483 g/mol. The maximum absolute atomic E-state index is 12.9. The Kier molecular flexibility index (Phi) is 8.28. The third kappa shape index (κ3) is 6.66. The number of nitrogens with zero attached hydrogens (tertiary/aromatic N) is 1. The number of rotatable bonds is 8. The summed E-state index contributed by atoms with van der Waals surface area (Å²) in [4.78, 5) is 12.9. The molecule has 2 aliphatic heterocycles. The molecule has 3 atom stereocenters. The lowest BCUT2D eigenvalue weighted by Crippen LogP contribution is -2.49. The number of hydrogen-bond acceptors (Lipinski definition) is 6. The highest BCUT2D eigenvalue weighted by atomic mass is 32.2. The predicted molar refractivity (Wildman–Crippen MR) is 126 cm³/mol. The monoisotopic (exact) mass is 482 g/mol. The van der Waals surface area contributed by atoms with Gasteiger partial charge in [-0.05, 0) is 76.7 Å². The zero-order valence-corrected chi connectivity index (χ0v) is 20.6. The van der Waals surface area contributed by atoms with Crippen LogP contribution in [0.1, 0.15) is 68.7 Å². The molecule has 3 aliphatic rings. The topological polar surface area (TPSA) is 95.9 Å². The largest absolute Gasteiger partial charge is 0.376 e. The van der Waals surface area contributed by atoms with E-state index < -0.39 is 10.0 Å². The van der Waals surface area contributed by atoms with Crippen LogP contribution in [0.2, 0.25) is 0 Å². The van der Waals surface area contributed by atoms with Crippen LogP contribution in [0, 0.1) is 12.8 Å². The summed E-state index contributed by atoms with van der Waals surface area (Å²) in [6.45, 7) is 3.66. The first kappa shape index (κ1) is 24.9. The molecule has 1 saturated heterocycles. The van der Waals surface area contributed by atoms with Gasteiger partial charge < -0.3 is 18.8 Å². The maximum Gasteiger partial charge on any atom is 0.254 e. The fourth-order valence-electron chi connectivity index (χ4n) is 5.33. The number of sulfonamides is 1. The van der Waals surface area contributed by atoms with E-state index >= 15 is 0 Å². The summed E-state index contributed by atoms with van der Waals surface area (Å²) in [6.07, 6.45) is 9.84. The molecule has 1 aromatic rings. The van der Waals surface area contributed by atoms with Gasteiger partial charge in [-0.15, -0.1) is 0 Å². The molecule has 4 rings (SSSR count). The van der Waals surface area contributed by atoms with Gasteiger partial charge in [-0.2, -0.15) is 0 Å². The van der Waals surface area contributed by atoms with Crippen LogP contribution >= 0.6 is 0 Å². The van der Waals surface area contributed by atoms with Gasteiger partial charge in [0.1, 0.15) is 0 Å². The van der Waals surface area contributed by atoms with Gasteiger partial charge in [-0.1, -0.05) is 6.07 Å². The summed E-state index contributed by atoms with van der Waals surface area (Å²) < 4.78 is 46.4. The average Bonchev–Trinajstić information content (AvgIpc) is 2.80. The highest BCUT2D eigenvalue weighted by Gasteiger charge is 2.34. The lowest BCUT2D eigenvalue weighted by atomic mass is 9.88. The molecule has 2 fully saturated rings. The third-order valence-electron chi connectivity index (χ3n) is 7.22. The van der Waals surface area contributed by atoms with Crippen LogP contribution in [0.15, 0.2) is 16.9 Å². The molecule has 0 bridgehead atoms. The van der Waals surface area contributed by atoms with Gasteiger partial charge in [0, 0.05) is 23.9 Å².